The molecule has 0 unspecified atom stereocenters. The molecule has 0 aliphatic carbocycles. The van der Waals surface area contributed by atoms with Crippen LogP contribution in [0.4, 0.5) is 5.69 Å². The number of pyridine rings is 1. The number of fused-ring (bicyclic) bond motifs is 1. The van der Waals surface area contributed by atoms with Crippen molar-refractivity contribution < 1.29 is 0 Å². The lowest BCUT2D eigenvalue weighted by Gasteiger charge is -2.27. The first-order valence-electron chi connectivity index (χ1n) is 5.44. The van der Waals surface area contributed by atoms with E-state index in [2.05, 4.69) is 23.0 Å². The minimum absolute atomic E-state index is 1.11. The van der Waals surface area contributed by atoms with E-state index in [-0.39, 0.29) is 0 Å². The van der Waals surface area contributed by atoms with Crippen LogP contribution in [0.15, 0.2) is 12.3 Å². The SMILES string of the molecule is CC.Cc1cc2c(cn1)CCCN2C. The summed E-state index contributed by atoms with van der Waals surface area (Å²) in [7, 11) is 2.15. The normalized spacial score (nSPS) is 14.1. The van der Waals surface area contributed by atoms with Crippen LogP contribution in [0.2, 0.25) is 0 Å². The average Bonchev–Trinajstić information content (AvgIpc) is 2.22. The third kappa shape index (κ3) is 2.25. The molecule has 0 radical (unpaired) electrons. The summed E-state index contributed by atoms with van der Waals surface area (Å²) in [5.41, 5.74) is 3.88. The number of hydrogen-bond donors (Lipinski definition) is 0. The topological polar surface area (TPSA) is 16.1 Å². The minimum atomic E-state index is 1.11. The average molecular weight is 192 g/mol. The third-order valence-electron chi connectivity index (χ3n) is 2.45. The van der Waals surface area contributed by atoms with Gasteiger partial charge in [0.05, 0.1) is 0 Å². The number of hydrogen-bond acceptors (Lipinski definition) is 2. The molecule has 0 N–H and O–H groups in total. The minimum Gasteiger partial charge on any atom is -0.374 e. The summed E-state index contributed by atoms with van der Waals surface area (Å²) in [6, 6.07) is 2.18. The van der Waals surface area contributed by atoms with Crippen LogP contribution in [0.25, 0.3) is 0 Å². The molecule has 2 heterocycles. The highest BCUT2D eigenvalue weighted by molar-refractivity contribution is 5.54. The lowest BCUT2D eigenvalue weighted by atomic mass is 10.0. The van der Waals surface area contributed by atoms with Gasteiger partial charge in [0.1, 0.15) is 0 Å². The Labute approximate surface area is 87.0 Å². The molecule has 1 aliphatic rings. The fourth-order valence-electron chi connectivity index (χ4n) is 1.75. The van der Waals surface area contributed by atoms with Crippen LogP contribution in [0.1, 0.15) is 31.5 Å². The van der Waals surface area contributed by atoms with Gasteiger partial charge >= 0.3 is 0 Å². The zero-order chi connectivity index (χ0) is 10.6. The largest absolute Gasteiger partial charge is 0.374 e. The molecule has 0 spiro atoms. The zero-order valence-corrected chi connectivity index (χ0v) is 9.67. The van der Waals surface area contributed by atoms with Crippen molar-refractivity contribution >= 4 is 5.69 Å². The van der Waals surface area contributed by atoms with Gasteiger partial charge in [-0.3, -0.25) is 4.98 Å². The van der Waals surface area contributed by atoms with Crippen molar-refractivity contribution in [1.82, 2.24) is 4.98 Å². The monoisotopic (exact) mass is 192 g/mol. The maximum Gasteiger partial charge on any atom is 0.0429 e. The molecule has 0 amide bonds. The van der Waals surface area contributed by atoms with E-state index >= 15 is 0 Å². The van der Waals surface area contributed by atoms with E-state index in [0.717, 1.165) is 5.69 Å². The highest BCUT2D eigenvalue weighted by atomic mass is 15.1. The van der Waals surface area contributed by atoms with Crippen molar-refractivity contribution in [3.8, 4) is 0 Å². The molecule has 0 saturated heterocycles. The van der Waals surface area contributed by atoms with E-state index in [1.807, 2.05) is 27.0 Å². The Morgan fingerprint density at radius 2 is 2.07 bits per heavy atom. The molecule has 0 atom stereocenters. The van der Waals surface area contributed by atoms with Crippen molar-refractivity contribution in [2.75, 3.05) is 18.5 Å². The molecule has 0 aromatic carbocycles. The standard InChI is InChI=1S/C10H14N2.C2H6/c1-8-6-10-9(7-11-8)4-3-5-12(10)2;1-2/h6-7H,3-5H2,1-2H3;1-2H3. The summed E-state index contributed by atoms with van der Waals surface area (Å²) in [6.07, 6.45) is 4.46. The molecule has 0 fully saturated rings. The predicted molar refractivity (Wildman–Crippen MR) is 61.9 cm³/mol. The van der Waals surface area contributed by atoms with Crippen LogP contribution in [0, 0.1) is 6.92 Å². The van der Waals surface area contributed by atoms with Crippen LogP contribution in [-0.2, 0) is 6.42 Å². The van der Waals surface area contributed by atoms with Crippen molar-refractivity contribution in [3.05, 3.63) is 23.5 Å². The van der Waals surface area contributed by atoms with Crippen LogP contribution in [0.5, 0.6) is 0 Å². The molecular formula is C12H20N2. The Kier molecular flexibility index (Phi) is 3.93. The van der Waals surface area contributed by atoms with E-state index in [4.69, 9.17) is 0 Å². The third-order valence-corrected chi connectivity index (χ3v) is 2.45. The Morgan fingerprint density at radius 1 is 1.36 bits per heavy atom. The molecule has 14 heavy (non-hydrogen) atoms. The summed E-state index contributed by atoms with van der Waals surface area (Å²) in [4.78, 5) is 6.61. The molecular weight excluding hydrogens is 172 g/mol. The van der Waals surface area contributed by atoms with Crippen LogP contribution in [0.3, 0.4) is 0 Å². The molecule has 1 aromatic heterocycles. The van der Waals surface area contributed by atoms with E-state index in [9.17, 15) is 0 Å². The summed E-state index contributed by atoms with van der Waals surface area (Å²) < 4.78 is 0. The molecule has 0 bridgehead atoms. The second-order valence-corrected chi connectivity index (χ2v) is 3.48. The Bertz CT molecular complexity index is 294. The maximum absolute atomic E-state index is 4.30. The van der Waals surface area contributed by atoms with Crippen LogP contribution >= 0.6 is 0 Å². The number of aryl methyl sites for hydroxylation is 2. The van der Waals surface area contributed by atoms with E-state index in [1.165, 1.54) is 30.6 Å². The zero-order valence-electron chi connectivity index (χ0n) is 9.67. The molecule has 1 aromatic rings. The van der Waals surface area contributed by atoms with Gasteiger partial charge in [0.15, 0.2) is 0 Å². The van der Waals surface area contributed by atoms with Gasteiger partial charge in [-0.1, -0.05) is 13.8 Å². The number of aromatic nitrogens is 1. The summed E-state index contributed by atoms with van der Waals surface area (Å²) in [5.74, 6) is 0. The van der Waals surface area contributed by atoms with Gasteiger partial charge in [-0.2, -0.15) is 0 Å². The van der Waals surface area contributed by atoms with Gasteiger partial charge < -0.3 is 4.90 Å². The lowest BCUT2D eigenvalue weighted by Crippen LogP contribution is -2.24. The molecule has 2 nitrogen and oxygen atoms in total. The first kappa shape index (κ1) is 11.0. The summed E-state index contributed by atoms with van der Waals surface area (Å²) in [5, 5.41) is 0. The second-order valence-electron chi connectivity index (χ2n) is 3.48. The smallest absolute Gasteiger partial charge is 0.0429 e. The van der Waals surface area contributed by atoms with Gasteiger partial charge in [-0.15, -0.1) is 0 Å². The quantitative estimate of drug-likeness (QED) is 0.628. The van der Waals surface area contributed by atoms with Crippen molar-refractivity contribution in [2.45, 2.75) is 33.6 Å². The van der Waals surface area contributed by atoms with Crippen molar-refractivity contribution in [3.63, 3.8) is 0 Å². The predicted octanol–water partition coefficient (Wildman–Crippen LogP) is 2.80. The van der Waals surface area contributed by atoms with Gasteiger partial charge in [-0.25, -0.2) is 0 Å². The summed E-state index contributed by atoms with van der Waals surface area (Å²) >= 11 is 0. The molecule has 2 heteroatoms. The number of anilines is 1. The van der Waals surface area contributed by atoms with Gasteiger partial charge in [0.25, 0.3) is 0 Å². The first-order chi connectivity index (χ1) is 6.77. The highest BCUT2D eigenvalue weighted by Gasteiger charge is 2.13. The molecule has 2 rings (SSSR count). The molecule has 78 valence electrons. The van der Waals surface area contributed by atoms with Crippen molar-refractivity contribution in [1.29, 1.82) is 0 Å². The second kappa shape index (κ2) is 4.99. The lowest BCUT2D eigenvalue weighted by molar-refractivity contribution is 0.739. The Morgan fingerprint density at radius 3 is 2.79 bits per heavy atom. The highest BCUT2D eigenvalue weighted by Crippen LogP contribution is 2.25. The van der Waals surface area contributed by atoms with Crippen molar-refractivity contribution in [2.24, 2.45) is 0 Å². The summed E-state index contributed by atoms with van der Waals surface area (Å²) in [6.45, 7) is 7.22. The first-order valence-corrected chi connectivity index (χ1v) is 5.44. The maximum atomic E-state index is 4.30. The van der Waals surface area contributed by atoms with E-state index in [1.54, 1.807) is 0 Å². The van der Waals surface area contributed by atoms with Gasteiger partial charge in [-0.05, 0) is 31.4 Å². The van der Waals surface area contributed by atoms with Crippen LogP contribution < -0.4 is 4.90 Å². The fraction of sp³-hybridized carbons (Fsp3) is 0.583. The number of rotatable bonds is 0. The molecule has 1 aliphatic heterocycles. The van der Waals surface area contributed by atoms with E-state index < -0.39 is 0 Å². The Balaban J connectivity index is 0.000000461. The van der Waals surface area contributed by atoms with E-state index in [0.29, 0.717) is 0 Å². The Hall–Kier alpha value is -1.05. The van der Waals surface area contributed by atoms with Crippen LogP contribution in [-0.4, -0.2) is 18.6 Å². The molecule has 0 saturated carbocycles. The van der Waals surface area contributed by atoms with Gasteiger partial charge in [0.2, 0.25) is 0 Å². The van der Waals surface area contributed by atoms with Gasteiger partial charge in [0, 0.05) is 31.2 Å². The number of nitrogens with zero attached hydrogens (tertiary/aromatic N) is 2. The fourth-order valence-corrected chi connectivity index (χ4v) is 1.75.